The monoisotopic (exact) mass is 312 g/mol. The van der Waals surface area contributed by atoms with Crippen LogP contribution in [0, 0.1) is 5.41 Å². The molecule has 0 bridgehead atoms. The predicted molar refractivity (Wildman–Crippen MR) is 82.1 cm³/mol. The topological polar surface area (TPSA) is 9.23 Å². The Bertz CT molecular complexity index is 312. The maximum Gasteiger partial charge on any atom is 0.0716 e. The van der Waals surface area contributed by atoms with E-state index in [1.165, 1.54) is 24.8 Å². The van der Waals surface area contributed by atoms with E-state index in [1.807, 2.05) is 6.07 Å². The van der Waals surface area contributed by atoms with E-state index in [-0.39, 0.29) is 0 Å². The van der Waals surface area contributed by atoms with Crippen LogP contribution in [0.5, 0.6) is 0 Å². The lowest BCUT2D eigenvalue weighted by atomic mass is 9.83. The van der Waals surface area contributed by atoms with Gasteiger partial charge in [-0.1, -0.05) is 66.5 Å². The maximum atomic E-state index is 5.72. The second-order valence-corrected chi connectivity index (χ2v) is 5.90. The predicted octanol–water partition coefficient (Wildman–Crippen LogP) is 5.18. The molecule has 0 saturated carbocycles. The number of hydrogen-bond acceptors (Lipinski definition) is 1. The summed E-state index contributed by atoms with van der Waals surface area (Å²) in [6, 6.07) is 10.4. The van der Waals surface area contributed by atoms with Crippen LogP contribution in [0.4, 0.5) is 0 Å². The quantitative estimate of drug-likeness (QED) is 0.450. The molecule has 0 fully saturated rings. The fourth-order valence-electron chi connectivity index (χ4n) is 2.23. The first-order valence-corrected chi connectivity index (χ1v) is 8.00. The zero-order valence-electron chi connectivity index (χ0n) is 11.6. The highest BCUT2D eigenvalue weighted by Gasteiger charge is 2.20. The minimum atomic E-state index is 0.435. The molecule has 0 aliphatic rings. The van der Waals surface area contributed by atoms with E-state index in [0.29, 0.717) is 5.41 Å². The Hall–Kier alpha value is -0.340. The molecule has 1 unspecified atom stereocenters. The summed E-state index contributed by atoms with van der Waals surface area (Å²) in [7, 11) is 0. The van der Waals surface area contributed by atoms with E-state index in [1.54, 1.807) is 0 Å². The highest BCUT2D eigenvalue weighted by atomic mass is 79.9. The highest BCUT2D eigenvalue weighted by molar-refractivity contribution is 9.09. The Morgan fingerprint density at radius 1 is 1.17 bits per heavy atom. The number of benzene rings is 1. The van der Waals surface area contributed by atoms with Crippen LogP contribution in [0.25, 0.3) is 0 Å². The lowest BCUT2D eigenvalue weighted by Crippen LogP contribution is -2.18. The number of alkyl halides is 1. The average Bonchev–Trinajstić information content (AvgIpc) is 2.40. The van der Waals surface area contributed by atoms with Crippen LogP contribution in [0.3, 0.4) is 0 Å². The zero-order valence-corrected chi connectivity index (χ0v) is 13.2. The van der Waals surface area contributed by atoms with Crippen molar-refractivity contribution < 1.29 is 4.74 Å². The van der Waals surface area contributed by atoms with Gasteiger partial charge in [-0.05, 0) is 30.2 Å². The molecule has 1 aromatic rings. The summed E-state index contributed by atoms with van der Waals surface area (Å²) in [6.07, 6.45) is 4.93. The summed E-state index contributed by atoms with van der Waals surface area (Å²) in [5, 5.41) is 1.09. The fraction of sp³-hybridized carbons (Fsp3) is 0.625. The molecular formula is C16H25BrO. The van der Waals surface area contributed by atoms with Crippen LogP contribution in [0.15, 0.2) is 30.3 Å². The number of halogens is 1. The van der Waals surface area contributed by atoms with Crippen molar-refractivity contribution in [3.05, 3.63) is 35.9 Å². The molecule has 1 atom stereocenters. The zero-order chi connectivity index (χ0) is 13.3. The van der Waals surface area contributed by atoms with Crippen LogP contribution >= 0.6 is 15.9 Å². The van der Waals surface area contributed by atoms with E-state index in [9.17, 15) is 0 Å². The van der Waals surface area contributed by atoms with E-state index >= 15 is 0 Å². The fourth-order valence-corrected chi connectivity index (χ4v) is 2.79. The van der Waals surface area contributed by atoms with Gasteiger partial charge in [-0.25, -0.2) is 0 Å². The first-order valence-electron chi connectivity index (χ1n) is 6.88. The maximum absolute atomic E-state index is 5.72. The lowest BCUT2D eigenvalue weighted by Gasteiger charge is -2.26. The van der Waals surface area contributed by atoms with Crippen molar-refractivity contribution in [1.82, 2.24) is 0 Å². The molecular weight excluding hydrogens is 288 g/mol. The summed E-state index contributed by atoms with van der Waals surface area (Å²) in [5.74, 6) is 0. The van der Waals surface area contributed by atoms with E-state index in [0.717, 1.165) is 25.0 Å². The molecule has 0 aliphatic heterocycles. The summed E-state index contributed by atoms with van der Waals surface area (Å²) < 4.78 is 5.72. The second kappa shape index (κ2) is 8.71. The van der Waals surface area contributed by atoms with Crippen molar-refractivity contribution in [1.29, 1.82) is 0 Å². The standard InChI is InChI=1S/C16H25BrO/c1-3-10-16(2,14-17)11-7-12-18-13-15-8-5-4-6-9-15/h4-6,8-9H,3,7,10-14H2,1-2H3. The van der Waals surface area contributed by atoms with Crippen LogP contribution < -0.4 is 0 Å². The molecule has 2 heteroatoms. The van der Waals surface area contributed by atoms with E-state index < -0.39 is 0 Å². The minimum Gasteiger partial charge on any atom is -0.377 e. The van der Waals surface area contributed by atoms with Crippen molar-refractivity contribution in [2.75, 3.05) is 11.9 Å². The number of hydrogen-bond donors (Lipinski definition) is 0. The number of rotatable bonds is 9. The molecule has 0 aliphatic carbocycles. The molecule has 0 heterocycles. The molecule has 0 aromatic heterocycles. The van der Waals surface area contributed by atoms with Crippen LogP contribution in [-0.4, -0.2) is 11.9 Å². The van der Waals surface area contributed by atoms with Gasteiger partial charge in [0, 0.05) is 11.9 Å². The minimum absolute atomic E-state index is 0.435. The third kappa shape index (κ3) is 6.01. The molecule has 18 heavy (non-hydrogen) atoms. The third-order valence-corrected chi connectivity index (χ3v) is 4.71. The SMILES string of the molecule is CCCC(C)(CBr)CCCOCc1ccccc1. The van der Waals surface area contributed by atoms with Gasteiger partial charge in [0.1, 0.15) is 0 Å². The van der Waals surface area contributed by atoms with Gasteiger partial charge in [0.15, 0.2) is 0 Å². The van der Waals surface area contributed by atoms with Gasteiger partial charge in [-0.3, -0.25) is 0 Å². The Kier molecular flexibility index (Phi) is 7.60. The van der Waals surface area contributed by atoms with Gasteiger partial charge in [-0.15, -0.1) is 0 Å². The van der Waals surface area contributed by atoms with E-state index in [2.05, 4.69) is 54.0 Å². The van der Waals surface area contributed by atoms with Gasteiger partial charge >= 0.3 is 0 Å². The molecule has 1 rings (SSSR count). The summed E-state index contributed by atoms with van der Waals surface area (Å²) >= 11 is 3.64. The Morgan fingerprint density at radius 3 is 2.50 bits per heavy atom. The number of ether oxygens (including phenoxy) is 1. The van der Waals surface area contributed by atoms with Crippen molar-refractivity contribution >= 4 is 15.9 Å². The molecule has 0 radical (unpaired) electrons. The smallest absolute Gasteiger partial charge is 0.0716 e. The van der Waals surface area contributed by atoms with Gasteiger partial charge in [-0.2, -0.15) is 0 Å². The summed E-state index contributed by atoms with van der Waals surface area (Å²) in [6.45, 7) is 6.22. The van der Waals surface area contributed by atoms with Crippen molar-refractivity contribution in [2.24, 2.45) is 5.41 Å². The molecule has 1 nitrogen and oxygen atoms in total. The molecule has 1 aromatic carbocycles. The van der Waals surface area contributed by atoms with Crippen molar-refractivity contribution in [3.8, 4) is 0 Å². The normalized spacial score (nSPS) is 14.4. The largest absolute Gasteiger partial charge is 0.377 e. The van der Waals surface area contributed by atoms with Gasteiger partial charge in [0.2, 0.25) is 0 Å². The van der Waals surface area contributed by atoms with Gasteiger partial charge in [0.05, 0.1) is 6.61 Å². The van der Waals surface area contributed by atoms with Crippen molar-refractivity contribution in [3.63, 3.8) is 0 Å². The van der Waals surface area contributed by atoms with Crippen molar-refractivity contribution in [2.45, 2.75) is 46.1 Å². The van der Waals surface area contributed by atoms with Crippen LogP contribution in [0.2, 0.25) is 0 Å². The molecule has 0 spiro atoms. The summed E-state index contributed by atoms with van der Waals surface area (Å²) in [4.78, 5) is 0. The lowest BCUT2D eigenvalue weighted by molar-refractivity contribution is 0.108. The summed E-state index contributed by atoms with van der Waals surface area (Å²) in [5.41, 5.74) is 1.69. The van der Waals surface area contributed by atoms with Crippen LogP contribution in [-0.2, 0) is 11.3 Å². The Balaban J connectivity index is 2.15. The first kappa shape index (κ1) is 15.7. The first-order chi connectivity index (χ1) is 8.70. The third-order valence-electron chi connectivity index (χ3n) is 3.36. The van der Waals surface area contributed by atoms with Gasteiger partial charge < -0.3 is 4.74 Å². The van der Waals surface area contributed by atoms with E-state index in [4.69, 9.17) is 4.74 Å². The van der Waals surface area contributed by atoms with Gasteiger partial charge in [0.25, 0.3) is 0 Å². The molecule has 0 N–H and O–H groups in total. The molecule has 102 valence electrons. The average molecular weight is 313 g/mol. The molecule has 0 amide bonds. The van der Waals surface area contributed by atoms with Crippen LogP contribution in [0.1, 0.15) is 45.1 Å². The second-order valence-electron chi connectivity index (χ2n) is 5.34. The Labute approximate surface area is 120 Å². The Morgan fingerprint density at radius 2 is 1.89 bits per heavy atom. The molecule has 0 saturated heterocycles. The highest BCUT2D eigenvalue weighted by Crippen LogP contribution is 2.31.